The predicted octanol–water partition coefficient (Wildman–Crippen LogP) is 5.30. The molecule has 1 fully saturated rings. The molecule has 0 atom stereocenters. The average molecular weight is 508 g/mol. The lowest BCUT2D eigenvalue weighted by Crippen LogP contribution is -2.45. The van der Waals surface area contributed by atoms with Crippen molar-refractivity contribution in [2.45, 2.75) is 31.7 Å². The highest BCUT2D eigenvalue weighted by Crippen LogP contribution is 2.55. The molecule has 1 aliphatic heterocycles. The number of pyridine rings is 1. The molecule has 37 heavy (non-hydrogen) atoms. The molecule has 3 aromatic rings. The Bertz CT molecular complexity index is 1440. The summed E-state index contributed by atoms with van der Waals surface area (Å²) in [7, 11) is 2.53. The minimum absolute atomic E-state index is 0. The first kappa shape index (κ1) is 24.4. The van der Waals surface area contributed by atoms with Crippen LogP contribution in [0.2, 0.25) is 0 Å². The second kappa shape index (κ2) is 8.99. The molecule has 1 saturated carbocycles. The maximum atomic E-state index is 15.3. The van der Waals surface area contributed by atoms with Gasteiger partial charge >= 0.3 is 0 Å². The number of nitrogens with zero attached hydrogens (tertiary/aromatic N) is 2. The van der Waals surface area contributed by atoms with Crippen molar-refractivity contribution < 1.29 is 29.3 Å². The van der Waals surface area contributed by atoms with Gasteiger partial charge in [-0.3, -0.25) is 14.6 Å². The third-order valence-corrected chi connectivity index (χ3v) is 7.02. The standard InChI is InChI=1S/C28H25F2N3O4.H2/c1-5-23(34)32-17-7-6-15(2)18(10-17)20-11-19-16(13-31-20)14-33(27(35)28(19)8-9-28)26-24(29)21(36-3)12-22(37-4)25(26)30;/h5-7,10-13H,1,8-9,14H2,2-4H3,(H,32,34);1H. The van der Waals surface area contributed by atoms with Gasteiger partial charge in [0.1, 0.15) is 5.69 Å². The molecule has 0 bridgehead atoms. The fourth-order valence-corrected chi connectivity index (χ4v) is 4.89. The third-order valence-electron chi connectivity index (χ3n) is 7.02. The van der Waals surface area contributed by atoms with Gasteiger partial charge in [-0.05, 0) is 60.7 Å². The van der Waals surface area contributed by atoms with Crippen LogP contribution in [0.3, 0.4) is 0 Å². The number of methoxy groups -OCH3 is 2. The molecule has 0 saturated heterocycles. The number of carbonyl (C=O) groups is 2. The van der Waals surface area contributed by atoms with Crippen molar-refractivity contribution in [3.05, 3.63) is 77.5 Å². The average Bonchev–Trinajstić information content (AvgIpc) is 3.70. The monoisotopic (exact) mass is 507 g/mol. The lowest BCUT2D eigenvalue weighted by atomic mass is 9.85. The van der Waals surface area contributed by atoms with E-state index in [1.54, 1.807) is 12.3 Å². The zero-order valence-corrected chi connectivity index (χ0v) is 20.7. The smallest absolute Gasteiger partial charge is 0.247 e. The van der Waals surface area contributed by atoms with Gasteiger partial charge in [0.05, 0.1) is 31.9 Å². The molecule has 1 aromatic heterocycles. The highest BCUT2D eigenvalue weighted by Gasteiger charge is 2.57. The number of halogens is 2. The Morgan fingerprint density at radius 3 is 2.43 bits per heavy atom. The number of fused-ring (bicyclic) bond motifs is 2. The zero-order valence-electron chi connectivity index (χ0n) is 20.7. The van der Waals surface area contributed by atoms with Crippen molar-refractivity contribution in [3.63, 3.8) is 0 Å². The summed E-state index contributed by atoms with van der Waals surface area (Å²) in [5, 5.41) is 2.74. The van der Waals surface area contributed by atoms with Crippen molar-refractivity contribution in [1.29, 1.82) is 0 Å². The van der Waals surface area contributed by atoms with Gasteiger partial charge in [-0.1, -0.05) is 12.6 Å². The van der Waals surface area contributed by atoms with Crippen LogP contribution in [0.15, 0.2) is 49.2 Å². The number of hydrogen-bond donors (Lipinski definition) is 1. The van der Waals surface area contributed by atoms with Gasteiger partial charge in [0.25, 0.3) is 0 Å². The van der Waals surface area contributed by atoms with E-state index in [1.807, 2.05) is 25.1 Å². The van der Waals surface area contributed by atoms with Crippen LogP contribution in [0, 0.1) is 18.6 Å². The van der Waals surface area contributed by atoms with Gasteiger partial charge in [-0.2, -0.15) is 0 Å². The van der Waals surface area contributed by atoms with Crippen molar-refractivity contribution in [1.82, 2.24) is 4.98 Å². The number of amides is 2. The molecule has 0 radical (unpaired) electrons. The Morgan fingerprint density at radius 1 is 1.16 bits per heavy atom. The zero-order chi connectivity index (χ0) is 26.5. The molecule has 192 valence electrons. The number of ether oxygens (including phenoxy) is 2. The summed E-state index contributed by atoms with van der Waals surface area (Å²) in [4.78, 5) is 31.2. The minimum Gasteiger partial charge on any atom is -0.493 e. The van der Waals surface area contributed by atoms with Crippen LogP contribution in [-0.4, -0.2) is 31.0 Å². The van der Waals surface area contributed by atoms with E-state index in [0.29, 0.717) is 29.8 Å². The van der Waals surface area contributed by atoms with Gasteiger partial charge in [-0.25, -0.2) is 8.78 Å². The van der Waals surface area contributed by atoms with E-state index in [4.69, 9.17) is 9.47 Å². The molecule has 0 unspecified atom stereocenters. The molecule has 1 aliphatic carbocycles. The molecule has 2 aliphatic rings. The number of aromatic nitrogens is 1. The van der Waals surface area contributed by atoms with Gasteiger partial charge < -0.3 is 19.7 Å². The van der Waals surface area contributed by atoms with E-state index in [-0.39, 0.29) is 31.3 Å². The maximum Gasteiger partial charge on any atom is 0.247 e. The Morgan fingerprint density at radius 2 is 1.84 bits per heavy atom. The molecule has 2 aromatic carbocycles. The first-order valence-corrected chi connectivity index (χ1v) is 11.7. The normalized spacial score (nSPS) is 15.3. The number of rotatable bonds is 6. The van der Waals surface area contributed by atoms with Crippen molar-refractivity contribution in [3.8, 4) is 22.8 Å². The Balaban J connectivity index is 0.00000336. The van der Waals surface area contributed by atoms with Crippen LogP contribution in [0.1, 0.15) is 31.0 Å². The number of nitrogens with one attached hydrogen (secondary N) is 1. The summed E-state index contributed by atoms with van der Waals surface area (Å²) in [5.41, 5.74) is 3.08. The number of hydrogen-bond acceptors (Lipinski definition) is 5. The van der Waals surface area contributed by atoms with E-state index in [9.17, 15) is 9.59 Å². The van der Waals surface area contributed by atoms with Crippen LogP contribution in [0.25, 0.3) is 11.3 Å². The topological polar surface area (TPSA) is 80.8 Å². The molecule has 1 spiro atoms. The minimum atomic E-state index is -0.966. The van der Waals surface area contributed by atoms with Gasteiger partial charge in [0.15, 0.2) is 23.1 Å². The van der Waals surface area contributed by atoms with Crippen LogP contribution >= 0.6 is 0 Å². The number of carbonyl (C=O) groups excluding carboxylic acids is 2. The van der Waals surface area contributed by atoms with Gasteiger partial charge in [0, 0.05) is 24.9 Å². The van der Waals surface area contributed by atoms with E-state index >= 15 is 8.78 Å². The molecule has 2 amide bonds. The molecule has 2 heterocycles. The van der Waals surface area contributed by atoms with Crippen LogP contribution < -0.4 is 19.7 Å². The summed E-state index contributed by atoms with van der Waals surface area (Å²) in [6, 6.07) is 8.46. The van der Waals surface area contributed by atoms with Gasteiger partial charge in [-0.15, -0.1) is 0 Å². The maximum absolute atomic E-state index is 15.3. The number of anilines is 2. The Hall–Kier alpha value is -4.27. The van der Waals surface area contributed by atoms with Crippen LogP contribution in [0.5, 0.6) is 11.5 Å². The second-order valence-electron chi connectivity index (χ2n) is 9.18. The highest BCUT2D eigenvalue weighted by atomic mass is 19.1. The van der Waals surface area contributed by atoms with E-state index in [2.05, 4.69) is 16.9 Å². The van der Waals surface area contributed by atoms with Crippen LogP contribution in [-0.2, 0) is 21.5 Å². The highest BCUT2D eigenvalue weighted by molar-refractivity contribution is 6.05. The van der Waals surface area contributed by atoms with Crippen molar-refractivity contribution >= 4 is 23.2 Å². The molecular weight excluding hydrogens is 480 g/mol. The fraction of sp³-hybridized carbons (Fsp3) is 0.250. The summed E-state index contributed by atoms with van der Waals surface area (Å²) >= 11 is 0. The predicted molar refractivity (Wildman–Crippen MR) is 137 cm³/mol. The summed E-state index contributed by atoms with van der Waals surface area (Å²) in [6.07, 6.45) is 3.94. The lowest BCUT2D eigenvalue weighted by molar-refractivity contribution is -0.121. The number of aryl methyl sites for hydroxylation is 1. The molecular formula is C28H27F2N3O4. The Labute approximate surface area is 214 Å². The molecule has 7 nitrogen and oxygen atoms in total. The number of benzene rings is 2. The Kier molecular flexibility index (Phi) is 5.94. The summed E-state index contributed by atoms with van der Waals surface area (Å²) in [5.74, 6) is -3.08. The quantitative estimate of drug-likeness (QED) is 0.458. The van der Waals surface area contributed by atoms with E-state index < -0.39 is 22.7 Å². The second-order valence-corrected chi connectivity index (χ2v) is 9.18. The van der Waals surface area contributed by atoms with E-state index in [0.717, 1.165) is 27.7 Å². The summed E-state index contributed by atoms with van der Waals surface area (Å²) < 4.78 is 40.7. The van der Waals surface area contributed by atoms with Crippen molar-refractivity contribution in [2.24, 2.45) is 0 Å². The molecule has 1 N–H and O–H groups in total. The summed E-state index contributed by atoms with van der Waals surface area (Å²) in [6.45, 7) is 5.34. The first-order valence-electron chi connectivity index (χ1n) is 11.7. The first-order chi connectivity index (χ1) is 17.7. The fourth-order valence-electron chi connectivity index (χ4n) is 4.89. The third kappa shape index (κ3) is 3.91. The molecule has 5 rings (SSSR count). The van der Waals surface area contributed by atoms with Crippen LogP contribution in [0.4, 0.5) is 20.2 Å². The van der Waals surface area contributed by atoms with Gasteiger partial charge in [0.2, 0.25) is 11.8 Å². The largest absolute Gasteiger partial charge is 0.493 e. The lowest BCUT2D eigenvalue weighted by Gasteiger charge is -2.35. The van der Waals surface area contributed by atoms with Crippen molar-refractivity contribution in [2.75, 3.05) is 24.4 Å². The molecule has 9 heteroatoms. The SMILES string of the molecule is C=CC(=O)Nc1ccc(C)c(-c2cc3c(cn2)CN(c2c(F)c(OC)cc(OC)c2F)C(=O)C32CC2)c1.[HH]. The van der Waals surface area contributed by atoms with E-state index in [1.165, 1.54) is 20.3 Å².